The van der Waals surface area contributed by atoms with Crippen molar-refractivity contribution in [2.24, 2.45) is 5.73 Å². The van der Waals surface area contributed by atoms with E-state index in [1.165, 1.54) is 18.5 Å². The lowest BCUT2D eigenvalue weighted by molar-refractivity contribution is -0.117. The molecule has 32 heavy (non-hydrogen) atoms. The second kappa shape index (κ2) is 10.5. The molecule has 0 radical (unpaired) electrons. The lowest BCUT2D eigenvalue weighted by Crippen LogP contribution is -2.20. The summed E-state index contributed by atoms with van der Waals surface area (Å²) in [7, 11) is 1.63. The van der Waals surface area contributed by atoms with Gasteiger partial charge in [-0.25, -0.2) is 9.97 Å². The van der Waals surface area contributed by atoms with Crippen LogP contribution in [-0.2, 0) is 24.3 Å². The molecule has 0 unspecified atom stereocenters. The Morgan fingerprint density at radius 1 is 1.12 bits per heavy atom. The van der Waals surface area contributed by atoms with Crippen molar-refractivity contribution in [2.75, 3.05) is 17.3 Å². The van der Waals surface area contributed by atoms with Crippen LogP contribution in [-0.4, -0.2) is 29.5 Å². The predicted octanol–water partition coefficient (Wildman–Crippen LogP) is 3.49. The van der Waals surface area contributed by atoms with Crippen LogP contribution in [0.1, 0.15) is 16.7 Å². The van der Waals surface area contributed by atoms with E-state index in [4.69, 9.17) is 5.73 Å². The maximum absolute atomic E-state index is 15.0. The number of ether oxygens (including phenoxy) is 1. The fraction of sp³-hybridized carbons (Fsp3) is 0.227. The van der Waals surface area contributed by atoms with Gasteiger partial charge in [0.15, 0.2) is 11.6 Å². The van der Waals surface area contributed by atoms with E-state index in [2.05, 4.69) is 20.0 Å². The van der Waals surface area contributed by atoms with Crippen molar-refractivity contribution in [3.8, 4) is 5.75 Å². The largest absolute Gasteiger partial charge is 0.435 e. The highest BCUT2D eigenvalue weighted by atomic mass is 19.3. The molecule has 0 aliphatic rings. The number of carbonyl (C=O) groups is 1. The van der Waals surface area contributed by atoms with Gasteiger partial charge < -0.3 is 20.7 Å². The van der Waals surface area contributed by atoms with Gasteiger partial charge in [0.2, 0.25) is 11.7 Å². The van der Waals surface area contributed by atoms with Crippen molar-refractivity contribution >= 4 is 17.5 Å². The third-order valence-corrected chi connectivity index (χ3v) is 4.54. The van der Waals surface area contributed by atoms with Gasteiger partial charge in [0.1, 0.15) is 12.1 Å². The molecule has 3 aromatic rings. The zero-order valence-corrected chi connectivity index (χ0v) is 17.3. The van der Waals surface area contributed by atoms with Crippen molar-refractivity contribution in [3.05, 3.63) is 77.4 Å². The van der Waals surface area contributed by atoms with Gasteiger partial charge in [-0.2, -0.15) is 13.2 Å². The molecule has 10 heteroatoms. The summed E-state index contributed by atoms with van der Waals surface area (Å²) in [5, 5.41) is 2.93. The summed E-state index contributed by atoms with van der Waals surface area (Å²) in [6.07, 6.45) is 1.39. The van der Waals surface area contributed by atoms with E-state index in [0.29, 0.717) is 12.1 Å². The Balaban J connectivity index is 1.66. The Hall–Kier alpha value is -3.82. The molecular formula is C22H22F3N5O2. The first kappa shape index (κ1) is 22.9. The number of halogens is 3. The van der Waals surface area contributed by atoms with E-state index in [-0.39, 0.29) is 30.4 Å². The highest BCUT2D eigenvalue weighted by Crippen LogP contribution is 2.24. The average Bonchev–Trinajstić information content (AvgIpc) is 2.73. The molecule has 0 saturated carbocycles. The van der Waals surface area contributed by atoms with Gasteiger partial charge in [-0.3, -0.25) is 4.79 Å². The average molecular weight is 445 g/mol. The van der Waals surface area contributed by atoms with Gasteiger partial charge in [-0.1, -0.05) is 36.4 Å². The van der Waals surface area contributed by atoms with E-state index < -0.39 is 18.3 Å². The molecule has 0 aliphatic heterocycles. The Morgan fingerprint density at radius 2 is 1.84 bits per heavy atom. The number of alkyl halides is 2. The zero-order valence-electron chi connectivity index (χ0n) is 17.3. The minimum atomic E-state index is -2.92. The number of anilines is 2. The normalized spacial score (nSPS) is 10.8. The molecule has 0 atom stereocenters. The summed E-state index contributed by atoms with van der Waals surface area (Å²) in [5.74, 6) is -0.945. The van der Waals surface area contributed by atoms with Gasteiger partial charge in [0.25, 0.3) is 0 Å². The van der Waals surface area contributed by atoms with Gasteiger partial charge in [0, 0.05) is 20.1 Å². The van der Waals surface area contributed by atoms with Crippen molar-refractivity contribution in [3.63, 3.8) is 0 Å². The molecule has 1 aromatic heterocycles. The highest BCUT2D eigenvalue weighted by Gasteiger charge is 2.16. The van der Waals surface area contributed by atoms with E-state index >= 15 is 0 Å². The van der Waals surface area contributed by atoms with Crippen LogP contribution in [0.25, 0.3) is 0 Å². The minimum Gasteiger partial charge on any atom is -0.435 e. The summed E-state index contributed by atoms with van der Waals surface area (Å²) in [4.78, 5) is 20.5. The molecule has 3 rings (SSSR count). The Morgan fingerprint density at radius 3 is 2.53 bits per heavy atom. The molecule has 0 fully saturated rings. The fourth-order valence-electron chi connectivity index (χ4n) is 3.08. The van der Waals surface area contributed by atoms with E-state index in [1.54, 1.807) is 36.2 Å². The number of amides is 1. The smallest absolute Gasteiger partial charge is 0.387 e. The van der Waals surface area contributed by atoms with Gasteiger partial charge in [0.05, 0.1) is 6.42 Å². The number of nitrogens with two attached hydrogens (primary N) is 1. The fourth-order valence-corrected chi connectivity index (χ4v) is 3.08. The molecule has 3 N–H and O–H groups in total. The first-order valence-electron chi connectivity index (χ1n) is 9.67. The molecule has 0 aliphatic carbocycles. The number of hydrogen-bond acceptors (Lipinski definition) is 6. The number of hydrogen-bond donors (Lipinski definition) is 2. The number of nitrogens with one attached hydrogen (secondary N) is 1. The Kier molecular flexibility index (Phi) is 7.48. The summed E-state index contributed by atoms with van der Waals surface area (Å²) in [6.45, 7) is -2.40. The summed E-state index contributed by atoms with van der Waals surface area (Å²) < 4.78 is 44.2. The van der Waals surface area contributed by atoms with Gasteiger partial charge in [-0.15, -0.1) is 0 Å². The monoisotopic (exact) mass is 445 g/mol. The lowest BCUT2D eigenvalue weighted by Gasteiger charge is -2.20. The molecule has 7 nitrogen and oxygen atoms in total. The second-order valence-corrected chi connectivity index (χ2v) is 7.05. The second-order valence-electron chi connectivity index (χ2n) is 7.05. The topological polar surface area (TPSA) is 93.4 Å². The number of benzene rings is 2. The van der Waals surface area contributed by atoms with Crippen LogP contribution in [0.5, 0.6) is 5.75 Å². The molecule has 0 saturated heterocycles. The van der Waals surface area contributed by atoms with Gasteiger partial charge >= 0.3 is 6.61 Å². The third-order valence-electron chi connectivity index (χ3n) is 4.54. The summed E-state index contributed by atoms with van der Waals surface area (Å²) in [6, 6.07) is 13.4. The predicted molar refractivity (Wildman–Crippen MR) is 114 cm³/mol. The van der Waals surface area contributed by atoms with Crippen molar-refractivity contribution in [1.29, 1.82) is 0 Å². The Labute approximate surface area is 183 Å². The first-order chi connectivity index (χ1) is 15.3. The number of primary amides is 1. The van der Waals surface area contributed by atoms with Crippen LogP contribution in [0, 0.1) is 5.82 Å². The minimum absolute atomic E-state index is 0.0258. The highest BCUT2D eigenvalue weighted by molar-refractivity contribution is 5.76. The van der Waals surface area contributed by atoms with Crippen LogP contribution in [0.15, 0.2) is 54.9 Å². The quantitative estimate of drug-likeness (QED) is 0.496. The van der Waals surface area contributed by atoms with Crippen LogP contribution in [0.2, 0.25) is 0 Å². The molecule has 2 aromatic carbocycles. The maximum Gasteiger partial charge on any atom is 0.387 e. The van der Waals surface area contributed by atoms with E-state index in [0.717, 1.165) is 11.1 Å². The van der Waals surface area contributed by atoms with Crippen LogP contribution >= 0.6 is 0 Å². The molecule has 0 bridgehead atoms. The van der Waals surface area contributed by atoms with Crippen LogP contribution < -0.4 is 20.7 Å². The van der Waals surface area contributed by atoms with Crippen LogP contribution in [0.4, 0.5) is 24.8 Å². The van der Waals surface area contributed by atoms with Crippen molar-refractivity contribution in [2.45, 2.75) is 26.1 Å². The van der Waals surface area contributed by atoms with Crippen molar-refractivity contribution in [1.82, 2.24) is 9.97 Å². The third kappa shape index (κ3) is 6.34. The van der Waals surface area contributed by atoms with E-state index in [1.807, 2.05) is 12.1 Å². The Bertz CT molecular complexity index is 1060. The molecule has 1 amide bonds. The number of rotatable bonds is 10. The number of aromatic nitrogens is 2. The lowest BCUT2D eigenvalue weighted by atomic mass is 10.1. The molecule has 168 valence electrons. The van der Waals surface area contributed by atoms with Crippen molar-refractivity contribution < 1.29 is 22.7 Å². The van der Waals surface area contributed by atoms with Crippen LogP contribution in [0.3, 0.4) is 0 Å². The summed E-state index contributed by atoms with van der Waals surface area (Å²) >= 11 is 0. The SMILES string of the molecule is CN(Cc1cccc(OC(F)F)c1)c1ncnc(NCc2ccc(CC(N)=O)cc2)c1F. The molecule has 1 heterocycles. The molecule has 0 spiro atoms. The zero-order chi connectivity index (χ0) is 23.1. The molecular weight excluding hydrogens is 423 g/mol. The maximum atomic E-state index is 15.0. The first-order valence-corrected chi connectivity index (χ1v) is 9.67. The number of nitrogens with zero attached hydrogens (tertiary/aromatic N) is 3. The standard InChI is InChI=1S/C22H22F3N5O2/c1-30(12-16-3-2-4-17(9-16)32-22(24)25)21-19(23)20(28-13-29-21)27-11-15-7-5-14(6-8-15)10-18(26)31/h2-9,13,22H,10-12H2,1H3,(H2,26,31)(H,27,28,29). The summed E-state index contributed by atoms with van der Waals surface area (Å²) in [5.41, 5.74) is 7.48. The number of carbonyl (C=O) groups excluding carboxylic acids is 1. The van der Waals surface area contributed by atoms with E-state index in [9.17, 15) is 18.0 Å². The van der Waals surface area contributed by atoms with Gasteiger partial charge in [-0.05, 0) is 28.8 Å².